The fourth-order valence-corrected chi connectivity index (χ4v) is 1.14. The summed E-state index contributed by atoms with van der Waals surface area (Å²) in [5.41, 5.74) is 7.01. The van der Waals surface area contributed by atoms with Crippen molar-refractivity contribution in [2.24, 2.45) is 5.73 Å². The predicted molar refractivity (Wildman–Crippen MR) is 54.4 cm³/mol. The first kappa shape index (κ1) is 8.73. The molecule has 2 rings (SSSR count). The zero-order chi connectivity index (χ0) is 9.80. The number of hydrogen-bond acceptors (Lipinski definition) is 3. The van der Waals surface area contributed by atoms with E-state index >= 15 is 0 Å². The molecule has 4 nitrogen and oxygen atoms in total. The highest BCUT2D eigenvalue weighted by atomic mass is 15.1. The monoisotopic (exact) mass is 186 g/mol. The molecule has 2 aromatic rings. The maximum atomic E-state index is 5.33. The van der Waals surface area contributed by atoms with Gasteiger partial charge >= 0.3 is 0 Å². The fourth-order valence-electron chi connectivity index (χ4n) is 1.14. The summed E-state index contributed by atoms with van der Waals surface area (Å²) < 4.78 is 0. The van der Waals surface area contributed by atoms with Gasteiger partial charge in [-0.3, -0.25) is 5.10 Å². The summed E-state index contributed by atoms with van der Waals surface area (Å²) in [6, 6.07) is 1.91. The highest BCUT2D eigenvalue weighted by Gasteiger charge is 1.95. The summed E-state index contributed by atoms with van der Waals surface area (Å²) in [5, 5.41) is 7.76. The van der Waals surface area contributed by atoms with Crippen LogP contribution in [0, 0.1) is 11.8 Å². The van der Waals surface area contributed by atoms with Crippen molar-refractivity contribution in [3.8, 4) is 11.8 Å². The molecule has 0 fully saturated rings. The van der Waals surface area contributed by atoms with E-state index in [9.17, 15) is 0 Å². The second-order valence-corrected chi connectivity index (χ2v) is 2.87. The molecular formula is C10H10N4. The predicted octanol–water partition coefficient (Wildman–Crippen LogP) is 0.658. The number of H-pyrrole nitrogens is 1. The third-order valence-corrected chi connectivity index (χ3v) is 1.81. The van der Waals surface area contributed by atoms with Crippen molar-refractivity contribution in [2.75, 3.05) is 6.54 Å². The molecule has 0 spiro atoms. The van der Waals surface area contributed by atoms with Crippen molar-refractivity contribution < 1.29 is 0 Å². The summed E-state index contributed by atoms with van der Waals surface area (Å²) in [7, 11) is 0. The first-order valence-corrected chi connectivity index (χ1v) is 4.38. The molecule has 0 aromatic carbocycles. The Morgan fingerprint density at radius 3 is 3.21 bits per heavy atom. The summed E-state index contributed by atoms with van der Waals surface area (Å²) in [6.45, 7) is 0.584. The largest absolute Gasteiger partial charge is 0.330 e. The number of pyridine rings is 1. The zero-order valence-corrected chi connectivity index (χ0v) is 7.62. The third kappa shape index (κ3) is 1.73. The van der Waals surface area contributed by atoms with Gasteiger partial charge in [0.05, 0.1) is 17.9 Å². The second-order valence-electron chi connectivity index (χ2n) is 2.87. The van der Waals surface area contributed by atoms with Crippen molar-refractivity contribution in [1.82, 2.24) is 15.2 Å². The average molecular weight is 186 g/mol. The van der Waals surface area contributed by atoms with Crippen molar-refractivity contribution >= 4 is 10.9 Å². The normalized spacial score (nSPS) is 9.79. The molecule has 0 aliphatic rings. The Morgan fingerprint density at radius 2 is 2.36 bits per heavy atom. The molecule has 0 saturated heterocycles. The number of nitrogens with one attached hydrogen (secondary N) is 1. The third-order valence-electron chi connectivity index (χ3n) is 1.81. The lowest BCUT2D eigenvalue weighted by Crippen LogP contribution is -1.95. The topological polar surface area (TPSA) is 67.6 Å². The van der Waals surface area contributed by atoms with Crippen LogP contribution in [0.5, 0.6) is 0 Å². The molecule has 4 heteroatoms. The Labute approximate surface area is 81.5 Å². The zero-order valence-electron chi connectivity index (χ0n) is 7.62. The SMILES string of the molecule is NCCC#Cc1cc2cn[nH]c2cn1. The lowest BCUT2D eigenvalue weighted by molar-refractivity contribution is 1.03. The molecule has 0 radical (unpaired) electrons. The molecule has 0 bridgehead atoms. The van der Waals surface area contributed by atoms with Gasteiger partial charge in [-0.05, 0) is 12.0 Å². The van der Waals surface area contributed by atoms with Gasteiger partial charge in [0.2, 0.25) is 0 Å². The maximum absolute atomic E-state index is 5.33. The molecule has 0 saturated carbocycles. The van der Waals surface area contributed by atoms with E-state index < -0.39 is 0 Å². The van der Waals surface area contributed by atoms with Crippen LogP contribution in [0.4, 0.5) is 0 Å². The van der Waals surface area contributed by atoms with E-state index in [1.807, 2.05) is 6.07 Å². The average Bonchev–Trinajstić information content (AvgIpc) is 2.65. The lowest BCUT2D eigenvalue weighted by Gasteiger charge is -1.89. The van der Waals surface area contributed by atoms with Gasteiger partial charge < -0.3 is 5.73 Å². The van der Waals surface area contributed by atoms with Crippen LogP contribution in [0.1, 0.15) is 12.1 Å². The molecule has 3 N–H and O–H groups in total. The second kappa shape index (κ2) is 3.90. The van der Waals surface area contributed by atoms with Crippen LogP contribution in [0.15, 0.2) is 18.5 Å². The van der Waals surface area contributed by atoms with Crippen molar-refractivity contribution in [3.63, 3.8) is 0 Å². The molecule has 70 valence electrons. The molecule has 0 atom stereocenters. The summed E-state index contributed by atoms with van der Waals surface area (Å²) in [6.07, 6.45) is 4.19. The summed E-state index contributed by atoms with van der Waals surface area (Å²) in [4.78, 5) is 4.17. The van der Waals surface area contributed by atoms with Gasteiger partial charge in [0.1, 0.15) is 5.69 Å². The lowest BCUT2D eigenvalue weighted by atomic mass is 10.2. The van der Waals surface area contributed by atoms with Crippen LogP contribution in [0.2, 0.25) is 0 Å². The van der Waals surface area contributed by atoms with E-state index in [2.05, 4.69) is 27.0 Å². The Kier molecular flexibility index (Phi) is 2.43. The van der Waals surface area contributed by atoms with Gasteiger partial charge in [-0.15, -0.1) is 0 Å². The molecule has 0 aliphatic heterocycles. The molecule has 14 heavy (non-hydrogen) atoms. The van der Waals surface area contributed by atoms with Crippen LogP contribution in [0.25, 0.3) is 10.9 Å². The highest BCUT2D eigenvalue weighted by molar-refractivity contribution is 5.77. The number of fused-ring (bicyclic) bond motifs is 1. The van der Waals surface area contributed by atoms with Crippen LogP contribution in [-0.2, 0) is 0 Å². The number of rotatable bonds is 1. The summed E-state index contributed by atoms with van der Waals surface area (Å²) >= 11 is 0. The van der Waals surface area contributed by atoms with Gasteiger partial charge in [0.15, 0.2) is 0 Å². The molecule has 0 aliphatic carbocycles. The van der Waals surface area contributed by atoms with Crippen LogP contribution in [-0.4, -0.2) is 21.7 Å². The minimum absolute atomic E-state index is 0.584. The number of hydrogen-bond donors (Lipinski definition) is 2. The fraction of sp³-hybridized carbons (Fsp3) is 0.200. The van der Waals surface area contributed by atoms with Gasteiger partial charge in [-0.2, -0.15) is 5.10 Å². The van der Waals surface area contributed by atoms with Crippen LogP contribution >= 0.6 is 0 Å². The minimum Gasteiger partial charge on any atom is -0.330 e. The highest BCUT2D eigenvalue weighted by Crippen LogP contribution is 2.08. The van der Waals surface area contributed by atoms with E-state index in [4.69, 9.17) is 5.73 Å². The first-order chi connectivity index (χ1) is 6.90. The molecule has 0 unspecified atom stereocenters. The van der Waals surface area contributed by atoms with Gasteiger partial charge in [0.25, 0.3) is 0 Å². The minimum atomic E-state index is 0.584. The Hall–Kier alpha value is -1.86. The molecule has 2 heterocycles. The van der Waals surface area contributed by atoms with Gasteiger partial charge in [-0.1, -0.05) is 5.92 Å². The van der Waals surface area contributed by atoms with E-state index in [-0.39, 0.29) is 0 Å². The molecular weight excluding hydrogens is 176 g/mol. The number of nitrogens with zero attached hydrogens (tertiary/aromatic N) is 2. The van der Waals surface area contributed by atoms with Gasteiger partial charge in [-0.25, -0.2) is 4.98 Å². The van der Waals surface area contributed by atoms with E-state index in [0.717, 1.165) is 16.6 Å². The Bertz CT molecular complexity index is 489. The van der Waals surface area contributed by atoms with Crippen molar-refractivity contribution in [3.05, 3.63) is 24.2 Å². The standard InChI is InChI=1S/C10H10N4/c11-4-2-1-3-9-5-8-6-13-14-10(8)7-12-9/h5-7H,2,4,11H2,(H,13,14). The van der Waals surface area contributed by atoms with Crippen molar-refractivity contribution in [2.45, 2.75) is 6.42 Å². The quantitative estimate of drug-likeness (QED) is 0.643. The number of nitrogens with two attached hydrogens (primary N) is 1. The number of aromatic amines is 1. The smallest absolute Gasteiger partial charge is 0.113 e. The van der Waals surface area contributed by atoms with E-state index in [0.29, 0.717) is 13.0 Å². The first-order valence-electron chi connectivity index (χ1n) is 4.38. The molecule has 0 amide bonds. The van der Waals surface area contributed by atoms with Crippen LogP contribution < -0.4 is 5.73 Å². The summed E-state index contributed by atoms with van der Waals surface area (Å²) in [5.74, 6) is 5.88. The van der Waals surface area contributed by atoms with Crippen LogP contribution in [0.3, 0.4) is 0 Å². The molecule has 2 aromatic heterocycles. The maximum Gasteiger partial charge on any atom is 0.113 e. The Balaban J connectivity index is 2.31. The van der Waals surface area contributed by atoms with E-state index in [1.54, 1.807) is 12.4 Å². The Morgan fingerprint density at radius 1 is 1.43 bits per heavy atom. The van der Waals surface area contributed by atoms with Crippen molar-refractivity contribution in [1.29, 1.82) is 0 Å². The van der Waals surface area contributed by atoms with E-state index in [1.165, 1.54) is 0 Å². The van der Waals surface area contributed by atoms with Gasteiger partial charge in [0, 0.05) is 18.4 Å². The number of aromatic nitrogens is 3.